The van der Waals surface area contributed by atoms with E-state index in [4.69, 9.17) is 4.74 Å². The Morgan fingerprint density at radius 3 is 2.57 bits per heavy atom. The Morgan fingerprint density at radius 2 is 1.92 bits per heavy atom. The minimum absolute atomic E-state index is 0.118. The number of hydrogen-bond acceptors (Lipinski definition) is 7. The maximum Gasteiger partial charge on any atom is 0.411 e. The summed E-state index contributed by atoms with van der Waals surface area (Å²) < 4.78 is 9.97. The number of ether oxygens (including phenoxy) is 2. The van der Waals surface area contributed by atoms with Crippen molar-refractivity contribution in [3.05, 3.63) is 71.2 Å². The van der Waals surface area contributed by atoms with Gasteiger partial charge in [0.25, 0.3) is 0 Å². The van der Waals surface area contributed by atoms with Gasteiger partial charge in [-0.1, -0.05) is 12.1 Å². The summed E-state index contributed by atoms with van der Waals surface area (Å²) in [5.74, 6) is -0.685. The van der Waals surface area contributed by atoms with Gasteiger partial charge in [0, 0.05) is 23.9 Å². The second kappa shape index (κ2) is 11.3. The van der Waals surface area contributed by atoms with Gasteiger partial charge in [-0.15, -0.1) is 0 Å². The predicted molar refractivity (Wildman–Crippen MR) is 134 cm³/mol. The Balaban J connectivity index is 1.93. The number of alkyl carbamates (subject to hydrolysis) is 1. The number of nitriles is 1. The van der Waals surface area contributed by atoms with Crippen molar-refractivity contribution < 1.29 is 29.0 Å². The van der Waals surface area contributed by atoms with E-state index in [0.29, 0.717) is 28.3 Å². The van der Waals surface area contributed by atoms with Crippen LogP contribution in [0, 0.1) is 11.3 Å². The van der Waals surface area contributed by atoms with Gasteiger partial charge >= 0.3 is 18.2 Å². The Morgan fingerprint density at radius 1 is 1.16 bits per heavy atom. The maximum absolute atomic E-state index is 12.6. The number of carbonyl (C=O) groups excluding carboxylic acids is 2. The van der Waals surface area contributed by atoms with Crippen LogP contribution in [0.2, 0.25) is 0 Å². The van der Waals surface area contributed by atoms with E-state index in [2.05, 4.69) is 31.4 Å². The first kappa shape index (κ1) is 26.7. The zero-order valence-corrected chi connectivity index (χ0v) is 20.8. The summed E-state index contributed by atoms with van der Waals surface area (Å²) in [5.41, 5.74) is 1.63. The van der Waals surface area contributed by atoms with Gasteiger partial charge in [-0.3, -0.25) is 5.32 Å². The lowest BCUT2D eigenvalue weighted by atomic mass is 10.0. The molecule has 0 saturated heterocycles. The lowest BCUT2D eigenvalue weighted by Crippen LogP contribution is -2.36. The molecule has 2 amide bonds. The lowest BCUT2D eigenvalue weighted by molar-refractivity contribution is 0.0500. The third kappa shape index (κ3) is 7.32. The predicted octanol–water partition coefficient (Wildman–Crippen LogP) is 4.63. The van der Waals surface area contributed by atoms with Crippen molar-refractivity contribution in [1.29, 1.82) is 5.26 Å². The van der Waals surface area contributed by atoms with Crippen LogP contribution in [0.15, 0.2) is 48.7 Å². The number of H-pyrrole nitrogens is 1. The van der Waals surface area contributed by atoms with Gasteiger partial charge in [0.2, 0.25) is 0 Å². The third-order valence-electron chi connectivity index (χ3n) is 5.08. The molecule has 11 heteroatoms. The number of aromatic carboxylic acids is 1. The van der Waals surface area contributed by atoms with Crippen LogP contribution >= 0.6 is 0 Å². The van der Waals surface area contributed by atoms with E-state index in [-0.39, 0.29) is 17.5 Å². The number of aromatic amines is 1. The van der Waals surface area contributed by atoms with Crippen molar-refractivity contribution in [2.24, 2.45) is 0 Å². The number of methoxy groups -OCH3 is 1. The molecule has 1 aromatic heterocycles. The molecule has 37 heavy (non-hydrogen) atoms. The number of carboxylic acid groups (broad SMARTS) is 1. The molecular formula is C26H27N5O6. The topological polar surface area (TPSA) is 166 Å². The highest BCUT2D eigenvalue weighted by molar-refractivity contribution is 5.88. The highest BCUT2D eigenvalue weighted by atomic mass is 16.6. The van der Waals surface area contributed by atoms with Crippen molar-refractivity contribution in [2.45, 2.75) is 38.8 Å². The first-order chi connectivity index (χ1) is 17.5. The minimum atomic E-state index is -1.06. The van der Waals surface area contributed by atoms with Gasteiger partial charge in [-0.2, -0.15) is 5.26 Å². The molecule has 1 unspecified atom stereocenters. The Kier molecular flexibility index (Phi) is 8.14. The number of hydrogen-bond donors (Lipinski definition) is 4. The normalized spacial score (nSPS) is 11.6. The highest BCUT2D eigenvalue weighted by Crippen LogP contribution is 2.27. The number of anilines is 1. The molecule has 3 aromatic rings. The number of aromatic nitrogens is 2. The first-order valence-corrected chi connectivity index (χ1v) is 11.3. The van der Waals surface area contributed by atoms with Crippen LogP contribution < -0.4 is 10.6 Å². The molecule has 1 atom stereocenters. The second-order valence-electron chi connectivity index (χ2n) is 9.07. The minimum Gasteiger partial charge on any atom is -0.478 e. The van der Waals surface area contributed by atoms with Crippen molar-refractivity contribution in [3.63, 3.8) is 0 Å². The Bertz CT molecular complexity index is 1350. The van der Waals surface area contributed by atoms with Crippen LogP contribution in [0.3, 0.4) is 0 Å². The van der Waals surface area contributed by atoms with Crippen LogP contribution in [0.5, 0.6) is 0 Å². The van der Waals surface area contributed by atoms with Crippen LogP contribution in [0.4, 0.5) is 15.3 Å². The molecule has 0 fully saturated rings. The van der Waals surface area contributed by atoms with E-state index in [1.807, 2.05) is 0 Å². The van der Waals surface area contributed by atoms with Crippen molar-refractivity contribution >= 4 is 23.8 Å². The number of amides is 2. The number of nitrogens with zero attached hydrogens (tertiary/aromatic N) is 2. The largest absolute Gasteiger partial charge is 0.478 e. The lowest BCUT2D eigenvalue weighted by Gasteiger charge is -2.23. The number of carbonyl (C=O) groups is 3. The summed E-state index contributed by atoms with van der Waals surface area (Å²) in [7, 11) is 1.24. The van der Waals surface area contributed by atoms with Crippen LogP contribution in [-0.4, -0.2) is 45.9 Å². The summed E-state index contributed by atoms with van der Waals surface area (Å²) in [6.07, 6.45) is 0.485. The van der Waals surface area contributed by atoms with E-state index in [1.54, 1.807) is 51.2 Å². The van der Waals surface area contributed by atoms with E-state index >= 15 is 0 Å². The van der Waals surface area contributed by atoms with Crippen molar-refractivity contribution in [3.8, 4) is 17.3 Å². The fraction of sp³-hybridized carbons (Fsp3) is 0.269. The van der Waals surface area contributed by atoms with Gasteiger partial charge in [0.15, 0.2) is 0 Å². The molecular weight excluding hydrogens is 478 g/mol. The molecule has 0 bridgehead atoms. The quantitative estimate of drug-likeness (QED) is 0.360. The number of nitrogens with one attached hydrogen (secondary N) is 3. The summed E-state index contributed by atoms with van der Waals surface area (Å²) in [5, 5.41) is 24.3. The molecule has 0 spiro atoms. The number of benzene rings is 2. The van der Waals surface area contributed by atoms with E-state index < -0.39 is 29.8 Å². The standard InChI is InChI=1S/C26H27N5O6/c1-26(2,3)37-25(35)31-20(11-15-6-5-7-16(10-15)23(32)33)22-28-14-21(30-22)19-9-8-18(12-17(19)13-27)29-24(34)36-4/h5-10,12,14,20H,11H2,1-4H3,(H,28,30)(H,29,34)(H,31,35)(H,32,33). The summed E-state index contributed by atoms with van der Waals surface area (Å²) in [6, 6.07) is 12.5. The fourth-order valence-corrected chi connectivity index (χ4v) is 3.49. The van der Waals surface area contributed by atoms with Crippen molar-refractivity contribution in [1.82, 2.24) is 15.3 Å². The fourth-order valence-electron chi connectivity index (χ4n) is 3.49. The maximum atomic E-state index is 12.6. The van der Waals surface area contributed by atoms with Gasteiger partial charge in [0.05, 0.1) is 36.0 Å². The van der Waals surface area contributed by atoms with Crippen LogP contribution in [0.1, 0.15) is 54.1 Å². The third-order valence-corrected chi connectivity index (χ3v) is 5.08. The number of carboxylic acids is 1. The molecule has 11 nitrogen and oxygen atoms in total. The molecule has 0 aliphatic carbocycles. The molecule has 0 saturated carbocycles. The average molecular weight is 506 g/mol. The van der Waals surface area contributed by atoms with Gasteiger partial charge in [0.1, 0.15) is 11.4 Å². The highest BCUT2D eigenvalue weighted by Gasteiger charge is 2.24. The zero-order chi connectivity index (χ0) is 27.2. The molecule has 0 aliphatic rings. The molecule has 4 N–H and O–H groups in total. The SMILES string of the molecule is COC(=O)Nc1ccc(-c2c[nH]c(C(Cc3cccc(C(=O)O)c3)NC(=O)OC(C)(C)C)n2)c(C#N)c1. The Hall–Kier alpha value is -4.85. The molecule has 2 aromatic carbocycles. The first-order valence-electron chi connectivity index (χ1n) is 11.3. The van der Waals surface area contributed by atoms with Gasteiger partial charge in [-0.05, 0) is 56.7 Å². The summed E-state index contributed by atoms with van der Waals surface area (Å²) in [4.78, 5) is 43.1. The number of imidazole rings is 1. The molecule has 192 valence electrons. The molecule has 1 heterocycles. The smallest absolute Gasteiger partial charge is 0.411 e. The van der Waals surface area contributed by atoms with Gasteiger partial charge in [-0.25, -0.2) is 19.4 Å². The van der Waals surface area contributed by atoms with Gasteiger partial charge < -0.3 is 24.9 Å². The van der Waals surface area contributed by atoms with E-state index in [0.717, 1.165) is 0 Å². The van der Waals surface area contributed by atoms with E-state index in [1.165, 1.54) is 25.3 Å². The zero-order valence-electron chi connectivity index (χ0n) is 20.8. The summed E-state index contributed by atoms with van der Waals surface area (Å²) in [6.45, 7) is 5.22. The molecule has 3 rings (SSSR count). The van der Waals surface area contributed by atoms with Crippen LogP contribution in [0.25, 0.3) is 11.3 Å². The second-order valence-corrected chi connectivity index (χ2v) is 9.07. The number of rotatable bonds is 7. The van der Waals surface area contributed by atoms with Crippen molar-refractivity contribution in [2.75, 3.05) is 12.4 Å². The average Bonchev–Trinajstić information content (AvgIpc) is 3.32. The molecule has 0 radical (unpaired) electrons. The molecule has 0 aliphatic heterocycles. The summed E-state index contributed by atoms with van der Waals surface area (Å²) >= 11 is 0. The van der Waals surface area contributed by atoms with Crippen LogP contribution in [-0.2, 0) is 15.9 Å². The van der Waals surface area contributed by atoms with E-state index in [9.17, 15) is 24.8 Å². The monoisotopic (exact) mass is 505 g/mol. The Labute approximate surface area is 213 Å².